The third-order valence-corrected chi connectivity index (χ3v) is 3.25. The number of benzene rings is 1. The van der Waals surface area contributed by atoms with Crippen LogP contribution in [0.4, 0.5) is 4.79 Å². The van der Waals surface area contributed by atoms with Gasteiger partial charge in [0.15, 0.2) is 0 Å². The number of carbonyl (C=O) groups is 2. The van der Waals surface area contributed by atoms with Crippen molar-refractivity contribution in [2.45, 2.75) is 39.3 Å². The number of ether oxygens (including phenoxy) is 1. The Kier molecular flexibility index (Phi) is 3.88. The Bertz CT molecular complexity index is 470. The maximum atomic E-state index is 12.1. The second-order valence-corrected chi connectivity index (χ2v) is 5.32. The summed E-state index contributed by atoms with van der Waals surface area (Å²) in [6, 6.07) is 9.26. The lowest BCUT2D eigenvalue weighted by atomic mass is 10.0. The van der Waals surface area contributed by atoms with E-state index in [0.29, 0.717) is 6.42 Å². The van der Waals surface area contributed by atoms with E-state index in [1.165, 1.54) is 4.90 Å². The SMILES string of the molecule is CC(C)CC(=O)N1C(=O)O[C@H](c2ccccc2)[C@@H]1C. The zero-order chi connectivity index (χ0) is 14.0. The lowest BCUT2D eigenvalue weighted by molar-refractivity contribution is -0.129. The molecule has 1 fully saturated rings. The second-order valence-electron chi connectivity index (χ2n) is 5.32. The summed E-state index contributed by atoms with van der Waals surface area (Å²) in [4.78, 5) is 25.2. The summed E-state index contributed by atoms with van der Waals surface area (Å²) in [6.07, 6.45) is -0.544. The van der Waals surface area contributed by atoms with E-state index in [1.54, 1.807) is 0 Å². The van der Waals surface area contributed by atoms with Gasteiger partial charge in [0.1, 0.15) is 6.10 Å². The molecule has 0 saturated carbocycles. The van der Waals surface area contributed by atoms with Crippen LogP contribution < -0.4 is 0 Å². The van der Waals surface area contributed by atoms with Crippen molar-refractivity contribution in [3.63, 3.8) is 0 Å². The summed E-state index contributed by atoms with van der Waals surface area (Å²) in [5, 5.41) is 0. The molecule has 1 saturated heterocycles. The summed E-state index contributed by atoms with van der Waals surface area (Å²) in [6.45, 7) is 5.76. The van der Waals surface area contributed by atoms with Crippen molar-refractivity contribution in [2.24, 2.45) is 5.92 Å². The van der Waals surface area contributed by atoms with E-state index in [-0.39, 0.29) is 24.0 Å². The van der Waals surface area contributed by atoms with Crippen LogP contribution >= 0.6 is 0 Å². The highest BCUT2D eigenvalue weighted by Crippen LogP contribution is 2.32. The average Bonchev–Trinajstić information content (AvgIpc) is 2.65. The summed E-state index contributed by atoms with van der Waals surface area (Å²) in [7, 11) is 0. The molecule has 0 N–H and O–H groups in total. The Hall–Kier alpha value is -1.84. The highest BCUT2D eigenvalue weighted by Gasteiger charge is 2.43. The van der Waals surface area contributed by atoms with Gasteiger partial charge >= 0.3 is 6.09 Å². The quantitative estimate of drug-likeness (QED) is 0.839. The molecule has 1 aromatic carbocycles. The fourth-order valence-electron chi connectivity index (χ4n) is 2.33. The zero-order valence-electron chi connectivity index (χ0n) is 11.5. The van der Waals surface area contributed by atoms with Gasteiger partial charge in [-0.2, -0.15) is 0 Å². The fraction of sp³-hybridized carbons (Fsp3) is 0.467. The van der Waals surface area contributed by atoms with E-state index >= 15 is 0 Å². The highest BCUT2D eigenvalue weighted by atomic mass is 16.6. The molecular weight excluding hydrogens is 242 g/mol. The molecule has 0 bridgehead atoms. The lowest BCUT2D eigenvalue weighted by Crippen LogP contribution is -2.38. The maximum absolute atomic E-state index is 12.1. The van der Waals surface area contributed by atoms with Gasteiger partial charge in [0.05, 0.1) is 6.04 Å². The Balaban J connectivity index is 2.17. The molecular formula is C15H19NO3. The number of amides is 2. The number of hydrogen-bond acceptors (Lipinski definition) is 3. The molecule has 0 spiro atoms. The first-order chi connectivity index (χ1) is 9.00. The van der Waals surface area contributed by atoms with Crippen LogP contribution in [0, 0.1) is 5.92 Å². The van der Waals surface area contributed by atoms with Crippen LogP contribution in [0.25, 0.3) is 0 Å². The van der Waals surface area contributed by atoms with Gasteiger partial charge in [-0.05, 0) is 18.4 Å². The maximum Gasteiger partial charge on any atom is 0.417 e. The van der Waals surface area contributed by atoms with Crippen molar-refractivity contribution >= 4 is 12.0 Å². The number of imide groups is 1. The van der Waals surface area contributed by atoms with Crippen LogP contribution in [0.1, 0.15) is 38.9 Å². The largest absolute Gasteiger partial charge is 0.439 e. The minimum Gasteiger partial charge on any atom is -0.439 e. The van der Waals surface area contributed by atoms with Gasteiger partial charge in [-0.3, -0.25) is 4.79 Å². The predicted molar refractivity (Wildman–Crippen MR) is 71.4 cm³/mol. The summed E-state index contributed by atoms with van der Waals surface area (Å²) in [5.74, 6) is 0.0641. The molecule has 1 heterocycles. The number of hydrogen-bond donors (Lipinski definition) is 0. The molecule has 102 valence electrons. The molecule has 0 aromatic heterocycles. The molecule has 2 atom stereocenters. The van der Waals surface area contributed by atoms with Crippen LogP contribution in [0.3, 0.4) is 0 Å². The van der Waals surface area contributed by atoms with Crippen LogP contribution in [0.2, 0.25) is 0 Å². The number of carbonyl (C=O) groups excluding carboxylic acids is 2. The molecule has 0 radical (unpaired) electrons. The molecule has 1 aromatic rings. The summed E-state index contributed by atoms with van der Waals surface area (Å²) in [5.41, 5.74) is 0.920. The number of rotatable bonds is 3. The second kappa shape index (κ2) is 5.43. The standard InChI is InChI=1S/C15H19NO3/c1-10(2)9-13(17)16-11(3)14(19-15(16)18)12-7-5-4-6-8-12/h4-8,10-11,14H,9H2,1-3H3/t11-,14-/m0/s1. The number of cyclic esters (lactones) is 1. The van der Waals surface area contributed by atoms with Gasteiger partial charge < -0.3 is 4.74 Å². The van der Waals surface area contributed by atoms with Gasteiger partial charge in [0.2, 0.25) is 5.91 Å². The normalized spacial score (nSPS) is 22.7. The minimum atomic E-state index is -0.535. The third kappa shape index (κ3) is 2.78. The first kappa shape index (κ1) is 13.6. The molecule has 4 nitrogen and oxygen atoms in total. The Morgan fingerprint density at radius 3 is 2.53 bits per heavy atom. The average molecular weight is 261 g/mol. The molecule has 1 aliphatic heterocycles. The van der Waals surface area contributed by atoms with E-state index in [1.807, 2.05) is 51.1 Å². The first-order valence-electron chi connectivity index (χ1n) is 6.58. The van der Waals surface area contributed by atoms with Gasteiger partial charge in [-0.15, -0.1) is 0 Å². The van der Waals surface area contributed by atoms with Gasteiger partial charge in [0, 0.05) is 6.42 Å². The minimum absolute atomic E-state index is 0.161. The molecule has 2 amide bonds. The van der Waals surface area contributed by atoms with Crippen molar-refractivity contribution in [1.82, 2.24) is 4.90 Å². The van der Waals surface area contributed by atoms with Crippen molar-refractivity contribution in [3.8, 4) is 0 Å². The smallest absolute Gasteiger partial charge is 0.417 e. The topological polar surface area (TPSA) is 46.6 Å². The molecule has 0 unspecified atom stereocenters. The van der Waals surface area contributed by atoms with E-state index < -0.39 is 6.09 Å². The summed E-state index contributed by atoms with van der Waals surface area (Å²) < 4.78 is 5.34. The van der Waals surface area contributed by atoms with E-state index in [0.717, 1.165) is 5.56 Å². The van der Waals surface area contributed by atoms with Crippen molar-refractivity contribution < 1.29 is 14.3 Å². The molecule has 4 heteroatoms. The van der Waals surface area contributed by atoms with E-state index in [9.17, 15) is 9.59 Å². The Labute approximate surface area is 113 Å². The van der Waals surface area contributed by atoms with Crippen molar-refractivity contribution in [2.75, 3.05) is 0 Å². The zero-order valence-corrected chi connectivity index (χ0v) is 11.5. The van der Waals surface area contributed by atoms with Crippen LogP contribution in [0.5, 0.6) is 0 Å². The van der Waals surface area contributed by atoms with E-state index in [2.05, 4.69) is 0 Å². The van der Waals surface area contributed by atoms with Crippen molar-refractivity contribution in [1.29, 1.82) is 0 Å². The predicted octanol–water partition coefficient (Wildman–Crippen LogP) is 3.14. The Morgan fingerprint density at radius 2 is 1.95 bits per heavy atom. The van der Waals surface area contributed by atoms with Crippen LogP contribution in [-0.2, 0) is 9.53 Å². The molecule has 19 heavy (non-hydrogen) atoms. The summed E-state index contributed by atoms with van der Waals surface area (Å²) >= 11 is 0. The van der Waals surface area contributed by atoms with Gasteiger partial charge in [0.25, 0.3) is 0 Å². The molecule has 0 aliphatic carbocycles. The Morgan fingerprint density at radius 1 is 1.32 bits per heavy atom. The van der Waals surface area contributed by atoms with Gasteiger partial charge in [-0.1, -0.05) is 44.2 Å². The first-order valence-corrected chi connectivity index (χ1v) is 6.58. The lowest BCUT2D eigenvalue weighted by Gasteiger charge is -2.20. The van der Waals surface area contributed by atoms with E-state index in [4.69, 9.17) is 4.74 Å². The van der Waals surface area contributed by atoms with Gasteiger partial charge in [-0.25, -0.2) is 9.69 Å². The monoisotopic (exact) mass is 261 g/mol. The molecule has 2 rings (SSSR count). The number of nitrogens with zero attached hydrogens (tertiary/aromatic N) is 1. The third-order valence-electron chi connectivity index (χ3n) is 3.25. The van der Waals surface area contributed by atoms with Crippen LogP contribution in [-0.4, -0.2) is 22.9 Å². The fourth-order valence-corrected chi connectivity index (χ4v) is 2.33. The molecule has 1 aliphatic rings. The van der Waals surface area contributed by atoms with Crippen molar-refractivity contribution in [3.05, 3.63) is 35.9 Å². The van der Waals surface area contributed by atoms with Crippen LogP contribution in [0.15, 0.2) is 30.3 Å². The highest BCUT2D eigenvalue weighted by molar-refractivity contribution is 5.93.